The molecule has 2 aromatic carbocycles. The summed E-state index contributed by atoms with van der Waals surface area (Å²) >= 11 is 0. The molecule has 2 heterocycles. The van der Waals surface area contributed by atoms with E-state index in [2.05, 4.69) is 41.9 Å². The predicted molar refractivity (Wildman–Crippen MR) is 132 cm³/mol. The number of aromatic hydroxyl groups is 1. The average Bonchev–Trinajstić information content (AvgIpc) is 3.50. The second-order valence-electron chi connectivity index (χ2n) is 9.50. The zero-order valence-electron chi connectivity index (χ0n) is 19.6. The first-order valence-corrected chi connectivity index (χ1v) is 11.4. The molecule has 1 aromatic heterocycles. The number of rotatable bonds is 5. The number of hydrazine groups is 1. The Morgan fingerprint density at radius 1 is 1.23 bits per heavy atom. The Balaban J connectivity index is 1.39. The fraction of sp³-hybridized carbons (Fsp3) is 0.269. The number of furan rings is 1. The van der Waals surface area contributed by atoms with Crippen LogP contribution in [0, 0.1) is 0 Å². The minimum Gasteiger partial charge on any atom is -0.505 e. The smallest absolute Gasteiger partial charge is 0.371 e. The van der Waals surface area contributed by atoms with Crippen LogP contribution in [-0.2, 0) is 16.6 Å². The van der Waals surface area contributed by atoms with Crippen LogP contribution in [0.5, 0.6) is 5.75 Å². The van der Waals surface area contributed by atoms with Crippen molar-refractivity contribution >= 4 is 29.0 Å². The molecule has 1 saturated heterocycles. The molecule has 0 radical (unpaired) electrons. The Kier molecular flexibility index (Phi) is 5.36. The summed E-state index contributed by atoms with van der Waals surface area (Å²) in [6.45, 7) is 6.27. The normalized spacial score (nSPS) is 19.9. The van der Waals surface area contributed by atoms with E-state index in [9.17, 15) is 14.7 Å². The van der Waals surface area contributed by atoms with Crippen LogP contribution in [0.2, 0.25) is 0 Å². The highest BCUT2D eigenvalue weighted by Crippen LogP contribution is 2.40. The number of carbonyl (C=O) groups excluding carboxylic acids is 1. The Morgan fingerprint density at radius 3 is 2.77 bits per heavy atom. The number of amides is 1. The molecule has 1 unspecified atom stereocenters. The zero-order valence-corrected chi connectivity index (χ0v) is 19.6. The summed E-state index contributed by atoms with van der Waals surface area (Å²) in [5.41, 5.74) is 10.2. The van der Waals surface area contributed by atoms with Crippen molar-refractivity contribution in [2.45, 2.75) is 45.1 Å². The largest absolute Gasteiger partial charge is 0.505 e. The number of carboxylic acids is 1. The number of hydrazone groups is 1. The van der Waals surface area contributed by atoms with Gasteiger partial charge in [-0.3, -0.25) is 10.2 Å². The molecule has 1 aliphatic carbocycles. The number of fused-ring (bicyclic) bond motifs is 1. The SMILES string of the molecule is CC1NN(c2ccc3c(c2)C(C)(C)CC3)C(=O)/C1=N\Nc1cccc(-c2ccc(C(=O)O)o2)c1O. The number of nitrogens with zero attached hydrogens (tertiary/aromatic N) is 2. The Bertz CT molecular complexity index is 1370. The van der Waals surface area contributed by atoms with Gasteiger partial charge in [0.2, 0.25) is 5.76 Å². The van der Waals surface area contributed by atoms with E-state index in [1.54, 1.807) is 18.2 Å². The van der Waals surface area contributed by atoms with Crippen molar-refractivity contribution in [3.8, 4) is 17.1 Å². The van der Waals surface area contributed by atoms with Crippen LogP contribution in [0.15, 0.2) is 58.0 Å². The highest BCUT2D eigenvalue weighted by molar-refractivity contribution is 6.47. The van der Waals surface area contributed by atoms with Crippen molar-refractivity contribution in [2.75, 3.05) is 10.4 Å². The lowest BCUT2D eigenvalue weighted by molar-refractivity contribution is -0.112. The molecule has 2 aliphatic rings. The van der Waals surface area contributed by atoms with Gasteiger partial charge in [-0.25, -0.2) is 15.2 Å². The third kappa shape index (κ3) is 3.93. The van der Waals surface area contributed by atoms with Crippen LogP contribution in [0.1, 0.15) is 48.9 Å². The molecule has 0 bridgehead atoms. The van der Waals surface area contributed by atoms with Crippen LogP contribution >= 0.6 is 0 Å². The maximum atomic E-state index is 13.2. The molecule has 0 spiro atoms. The van der Waals surface area contributed by atoms with Crippen LogP contribution < -0.4 is 15.9 Å². The lowest BCUT2D eigenvalue weighted by atomic mass is 9.86. The van der Waals surface area contributed by atoms with E-state index in [4.69, 9.17) is 9.52 Å². The molecule has 9 heteroatoms. The lowest BCUT2D eigenvalue weighted by Gasteiger charge is -2.22. The number of aromatic carboxylic acids is 1. The first-order chi connectivity index (χ1) is 16.7. The fourth-order valence-electron chi connectivity index (χ4n) is 4.63. The molecule has 1 aliphatic heterocycles. The van der Waals surface area contributed by atoms with Crippen LogP contribution in [0.3, 0.4) is 0 Å². The molecular weight excluding hydrogens is 448 g/mol. The number of benzene rings is 2. The number of nitrogens with one attached hydrogen (secondary N) is 2. The van der Waals surface area contributed by atoms with Crippen LogP contribution in [-0.4, -0.2) is 33.8 Å². The molecule has 35 heavy (non-hydrogen) atoms. The van der Waals surface area contributed by atoms with Gasteiger partial charge in [-0.1, -0.05) is 26.0 Å². The van der Waals surface area contributed by atoms with Gasteiger partial charge < -0.3 is 14.6 Å². The van der Waals surface area contributed by atoms with E-state index < -0.39 is 5.97 Å². The summed E-state index contributed by atoms with van der Waals surface area (Å²) in [5, 5.41) is 25.6. The summed E-state index contributed by atoms with van der Waals surface area (Å²) < 4.78 is 5.29. The number of hydrogen-bond donors (Lipinski definition) is 4. The number of carbonyl (C=O) groups is 2. The number of phenols is 1. The van der Waals surface area contributed by atoms with E-state index >= 15 is 0 Å². The summed E-state index contributed by atoms with van der Waals surface area (Å²) in [7, 11) is 0. The van der Waals surface area contributed by atoms with Gasteiger partial charge in [0.25, 0.3) is 5.91 Å². The standard InChI is InChI=1S/C26H26N4O5/c1-14-22(24(32)30(29-14)16-8-7-15-11-12-26(2,3)18(15)13-16)28-27-19-6-4-5-17(23(19)31)20-9-10-21(35-20)25(33)34/h4-10,13-14,27,29,31H,11-12H2,1-3H3,(H,33,34)/b28-22-. The second kappa shape index (κ2) is 8.28. The van der Waals surface area contributed by atoms with Gasteiger partial charge >= 0.3 is 5.97 Å². The first-order valence-electron chi connectivity index (χ1n) is 11.4. The van der Waals surface area contributed by atoms with Gasteiger partial charge in [-0.2, -0.15) is 5.10 Å². The van der Waals surface area contributed by atoms with Gasteiger partial charge in [0.05, 0.1) is 23.0 Å². The molecule has 5 rings (SSSR count). The van der Waals surface area contributed by atoms with E-state index in [1.165, 1.54) is 28.3 Å². The van der Waals surface area contributed by atoms with Gasteiger partial charge in [-0.05, 0) is 72.7 Å². The number of para-hydroxylation sites is 1. The monoisotopic (exact) mass is 474 g/mol. The Morgan fingerprint density at radius 2 is 2.03 bits per heavy atom. The summed E-state index contributed by atoms with van der Waals surface area (Å²) in [4.78, 5) is 24.3. The molecule has 180 valence electrons. The zero-order chi connectivity index (χ0) is 24.9. The molecule has 1 atom stereocenters. The van der Waals surface area contributed by atoms with Crippen molar-refractivity contribution in [3.05, 3.63) is 65.4 Å². The maximum Gasteiger partial charge on any atom is 0.371 e. The highest BCUT2D eigenvalue weighted by Gasteiger charge is 2.37. The summed E-state index contributed by atoms with van der Waals surface area (Å²) in [6, 6.07) is 13.4. The number of carboxylic acid groups (broad SMARTS) is 1. The fourth-order valence-corrected chi connectivity index (χ4v) is 4.63. The van der Waals surface area contributed by atoms with Crippen molar-refractivity contribution in [3.63, 3.8) is 0 Å². The molecule has 9 nitrogen and oxygen atoms in total. The Hall–Kier alpha value is -4.11. The van der Waals surface area contributed by atoms with E-state index in [-0.39, 0.29) is 46.0 Å². The second-order valence-corrected chi connectivity index (χ2v) is 9.50. The van der Waals surface area contributed by atoms with Crippen LogP contribution in [0.25, 0.3) is 11.3 Å². The van der Waals surface area contributed by atoms with Gasteiger partial charge in [-0.15, -0.1) is 0 Å². The van der Waals surface area contributed by atoms with Crippen molar-refractivity contribution in [1.82, 2.24) is 5.43 Å². The highest BCUT2D eigenvalue weighted by atomic mass is 16.4. The maximum absolute atomic E-state index is 13.2. The van der Waals surface area contributed by atoms with Crippen molar-refractivity contribution in [1.29, 1.82) is 0 Å². The number of aryl methyl sites for hydroxylation is 1. The Labute approximate surface area is 202 Å². The van der Waals surface area contributed by atoms with Gasteiger partial charge in [0.15, 0.2) is 5.75 Å². The van der Waals surface area contributed by atoms with Crippen molar-refractivity contribution in [2.24, 2.45) is 5.10 Å². The van der Waals surface area contributed by atoms with Crippen LogP contribution in [0.4, 0.5) is 11.4 Å². The van der Waals surface area contributed by atoms with Crippen molar-refractivity contribution < 1.29 is 24.2 Å². The molecular formula is C26H26N4O5. The predicted octanol–water partition coefficient (Wildman–Crippen LogP) is 4.28. The minimum atomic E-state index is -1.20. The number of anilines is 2. The quantitative estimate of drug-likeness (QED) is 0.321. The third-order valence-electron chi connectivity index (χ3n) is 6.67. The lowest BCUT2D eigenvalue weighted by Crippen LogP contribution is -2.36. The van der Waals surface area contributed by atoms with E-state index in [0.29, 0.717) is 5.56 Å². The molecule has 0 saturated carbocycles. The molecule has 3 aromatic rings. The van der Waals surface area contributed by atoms with Gasteiger partial charge in [0.1, 0.15) is 11.5 Å². The molecule has 1 amide bonds. The summed E-state index contributed by atoms with van der Waals surface area (Å²) in [6.07, 6.45) is 2.12. The summed E-state index contributed by atoms with van der Waals surface area (Å²) in [5.74, 6) is -1.69. The molecule has 1 fully saturated rings. The van der Waals surface area contributed by atoms with E-state index in [1.807, 2.05) is 13.0 Å². The first kappa shape index (κ1) is 22.7. The minimum absolute atomic E-state index is 0.0694. The molecule has 4 N–H and O–H groups in total. The third-order valence-corrected chi connectivity index (χ3v) is 6.67. The van der Waals surface area contributed by atoms with Gasteiger partial charge in [0, 0.05) is 0 Å². The number of hydrogen-bond acceptors (Lipinski definition) is 7. The average molecular weight is 475 g/mol. The number of phenolic OH excluding ortho intramolecular Hbond substituents is 1. The topological polar surface area (TPSA) is 127 Å². The van der Waals surface area contributed by atoms with E-state index in [0.717, 1.165) is 18.5 Å².